The van der Waals surface area contributed by atoms with Crippen molar-refractivity contribution in [2.24, 2.45) is 5.41 Å². The molecule has 0 atom stereocenters. The summed E-state index contributed by atoms with van der Waals surface area (Å²) < 4.78 is 0. The molecule has 3 fully saturated rings. The smallest absolute Gasteiger partial charge is 0.0730 e. The number of nitrogens with one attached hydrogen (secondary N) is 1. The fourth-order valence-corrected chi connectivity index (χ4v) is 2.89. The lowest BCUT2D eigenvalue weighted by Gasteiger charge is -2.55. The Morgan fingerprint density at radius 2 is 1.58 bits per heavy atom. The van der Waals surface area contributed by atoms with Crippen LogP contribution in [0.2, 0.25) is 0 Å². The first kappa shape index (κ1) is 7.34. The third kappa shape index (κ3) is 0.826. The van der Waals surface area contributed by atoms with Gasteiger partial charge in [0.05, 0.1) is 12.3 Å². The lowest BCUT2D eigenvalue weighted by molar-refractivity contribution is -0.0712. The van der Waals surface area contributed by atoms with Crippen molar-refractivity contribution in [3.8, 4) is 0 Å². The van der Waals surface area contributed by atoms with Crippen molar-refractivity contribution >= 4 is 0 Å². The maximum atomic E-state index is 3.60. The van der Waals surface area contributed by atoms with Crippen LogP contribution in [-0.4, -0.2) is 24.3 Å². The average Bonchev–Trinajstić information content (AvgIpc) is 2.84. The predicted octanol–water partition coefficient (Wildman–Crippen LogP) is 1.53. The van der Waals surface area contributed by atoms with Crippen LogP contribution in [-0.2, 0) is 0 Å². The van der Waals surface area contributed by atoms with Crippen LogP contribution in [0.3, 0.4) is 0 Å². The highest BCUT2D eigenvalue weighted by atomic mass is 15.5. The Balaban J connectivity index is 1.70. The Labute approximate surface area is 74.3 Å². The zero-order valence-electron chi connectivity index (χ0n) is 7.90. The summed E-state index contributed by atoms with van der Waals surface area (Å²) in [6, 6.07) is 0. The van der Waals surface area contributed by atoms with E-state index in [1.807, 2.05) is 0 Å². The molecule has 12 heavy (non-hydrogen) atoms. The van der Waals surface area contributed by atoms with E-state index in [4.69, 9.17) is 0 Å². The van der Waals surface area contributed by atoms with Crippen molar-refractivity contribution in [3.63, 3.8) is 0 Å². The molecule has 3 aliphatic rings. The minimum Gasteiger partial charge on any atom is -0.286 e. The summed E-state index contributed by atoms with van der Waals surface area (Å²) >= 11 is 0. The topological polar surface area (TPSA) is 15.3 Å². The molecule has 0 amide bonds. The molecule has 0 unspecified atom stereocenters. The summed E-state index contributed by atoms with van der Waals surface area (Å²) in [5.74, 6) is 0. The lowest BCUT2D eigenvalue weighted by Crippen LogP contribution is -2.71. The summed E-state index contributed by atoms with van der Waals surface area (Å²) in [6.45, 7) is 1.10. The summed E-state index contributed by atoms with van der Waals surface area (Å²) in [7, 11) is 2.25. The highest BCUT2D eigenvalue weighted by Gasteiger charge is 2.52. The Kier molecular flexibility index (Phi) is 1.25. The zero-order chi connectivity index (χ0) is 8.23. The highest BCUT2D eigenvalue weighted by Crippen LogP contribution is 2.58. The Bertz CT molecular complexity index is 198. The molecule has 2 spiro atoms. The van der Waals surface area contributed by atoms with E-state index in [-0.39, 0.29) is 0 Å². The number of hydrogen-bond acceptors (Lipinski definition) is 2. The van der Waals surface area contributed by atoms with Crippen molar-refractivity contribution in [3.05, 3.63) is 0 Å². The molecule has 1 heterocycles. The van der Waals surface area contributed by atoms with Crippen molar-refractivity contribution in [2.45, 2.75) is 44.2 Å². The Morgan fingerprint density at radius 1 is 1.00 bits per heavy atom. The highest BCUT2D eigenvalue weighted by molar-refractivity contribution is 5.05. The van der Waals surface area contributed by atoms with Crippen molar-refractivity contribution in [1.82, 2.24) is 10.2 Å². The molecule has 0 aromatic heterocycles. The quantitative estimate of drug-likeness (QED) is 0.587. The average molecular weight is 166 g/mol. The molecular formula is C10H18N2. The Morgan fingerprint density at radius 3 is 1.92 bits per heavy atom. The molecule has 0 radical (unpaired) electrons. The minimum absolute atomic E-state index is 0.438. The third-order valence-corrected chi connectivity index (χ3v) is 4.47. The summed E-state index contributed by atoms with van der Waals surface area (Å²) in [4.78, 5) is 2.49. The van der Waals surface area contributed by atoms with Crippen LogP contribution >= 0.6 is 0 Å². The zero-order valence-corrected chi connectivity index (χ0v) is 7.90. The second-order valence-corrected chi connectivity index (χ2v) is 5.06. The predicted molar refractivity (Wildman–Crippen MR) is 48.6 cm³/mol. The molecule has 0 bridgehead atoms. The molecule has 2 saturated carbocycles. The van der Waals surface area contributed by atoms with E-state index in [1.165, 1.54) is 38.5 Å². The molecule has 1 aliphatic heterocycles. The summed E-state index contributed by atoms with van der Waals surface area (Å²) in [5.41, 5.74) is 1.27. The first-order chi connectivity index (χ1) is 5.75. The largest absolute Gasteiger partial charge is 0.286 e. The van der Waals surface area contributed by atoms with Crippen LogP contribution < -0.4 is 5.32 Å². The van der Waals surface area contributed by atoms with Gasteiger partial charge in [-0.05, 0) is 51.0 Å². The fraction of sp³-hybridized carbons (Fsp3) is 1.00. The minimum atomic E-state index is 0.438. The SMILES string of the molecule is CN1CNC12CCC1(CC1)CC2. The van der Waals surface area contributed by atoms with Gasteiger partial charge in [-0.15, -0.1) is 0 Å². The summed E-state index contributed by atoms with van der Waals surface area (Å²) in [5, 5.41) is 3.60. The van der Waals surface area contributed by atoms with E-state index in [9.17, 15) is 0 Å². The van der Waals surface area contributed by atoms with Gasteiger partial charge in [-0.3, -0.25) is 10.2 Å². The van der Waals surface area contributed by atoms with Gasteiger partial charge in [0.15, 0.2) is 0 Å². The standard InChI is InChI=1S/C10H18N2/c1-12-8-11-10(12)6-4-9(2-3-9)5-7-10/h11H,2-8H2,1H3. The van der Waals surface area contributed by atoms with Crippen LogP contribution in [0.15, 0.2) is 0 Å². The van der Waals surface area contributed by atoms with Crippen LogP contribution in [0.4, 0.5) is 0 Å². The van der Waals surface area contributed by atoms with Crippen LogP contribution in [0.1, 0.15) is 38.5 Å². The van der Waals surface area contributed by atoms with Gasteiger partial charge in [-0.25, -0.2) is 0 Å². The molecule has 0 aromatic carbocycles. The van der Waals surface area contributed by atoms with Gasteiger partial charge in [0, 0.05) is 0 Å². The number of hydrogen-bond donors (Lipinski definition) is 1. The van der Waals surface area contributed by atoms with E-state index in [0.717, 1.165) is 12.1 Å². The molecule has 0 aromatic rings. The van der Waals surface area contributed by atoms with Crippen molar-refractivity contribution in [2.75, 3.05) is 13.7 Å². The Hall–Kier alpha value is -0.0800. The number of rotatable bonds is 0. The van der Waals surface area contributed by atoms with Gasteiger partial charge in [0.25, 0.3) is 0 Å². The molecule has 3 rings (SSSR count). The molecule has 1 saturated heterocycles. The molecular weight excluding hydrogens is 148 g/mol. The van der Waals surface area contributed by atoms with Crippen molar-refractivity contribution in [1.29, 1.82) is 0 Å². The first-order valence-electron chi connectivity index (χ1n) is 5.21. The van der Waals surface area contributed by atoms with Gasteiger partial charge < -0.3 is 0 Å². The molecule has 1 N–H and O–H groups in total. The van der Waals surface area contributed by atoms with E-state index in [1.54, 1.807) is 0 Å². The second kappa shape index (κ2) is 2.05. The fourth-order valence-electron chi connectivity index (χ4n) is 2.89. The van der Waals surface area contributed by atoms with Gasteiger partial charge in [0.2, 0.25) is 0 Å². The van der Waals surface area contributed by atoms with Gasteiger partial charge in [-0.1, -0.05) is 0 Å². The van der Waals surface area contributed by atoms with Crippen LogP contribution in [0, 0.1) is 5.41 Å². The van der Waals surface area contributed by atoms with Gasteiger partial charge in [0.1, 0.15) is 0 Å². The maximum Gasteiger partial charge on any atom is 0.0730 e. The van der Waals surface area contributed by atoms with E-state index < -0.39 is 0 Å². The first-order valence-corrected chi connectivity index (χ1v) is 5.21. The van der Waals surface area contributed by atoms with E-state index in [2.05, 4.69) is 17.3 Å². The lowest BCUT2D eigenvalue weighted by atomic mass is 9.77. The maximum absolute atomic E-state index is 3.60. The van der Waals surface area contributed by atoms with E-state index >= 15 is 0 Å². The van der Waals surface area contributed by atoms with Crippen LogP contribution in [0.25, 0.3) is 0 Å². The second-order valence-electron chi connectivity index (χ2n) is 5.06. The normalized spacial score (nSPS) is 36.8. The number of nitrogens with zero attached hydrogens (tertiary/aromatic N) is 1. The molecule has 2 heteroatoms. The third-order valence-electron chi connectivity index (χ3n) is 4.47. The van der Waals surface area contributed by atoms with Gasteiger partial charge in [-0.2, -0.15) is 0 Å². The monoisotopic (exact) mass is 166 g/mol. The summed E-state index contributed by atoms with van der Waals surface area (Å²) in [6.07, 6.45) is 8.78. The molecule has 2 nitrogen and oxygen atoms in total. The van der Waals surface area contributed by atoms with Crippen molar-refractivity contribution < 1.29 is 0 Å². The molecule has 2 aliphatic carbocycles. The van der Waals surface area contributed by atoms with Crippen LogP contribution in [0.5, 0.6) is 0 Å². The van der Waals surface area contributed by atoms with Gasteiger partial charge >= 0.3 is 0 Å². The van der Waals surface area contributed by atoms with E-state index in [0.29, 0.717) is 5.66 Å². The molecule has 68 valence electrons.